The van der Waals surface area contributed by atoms with E-state index in [0.717, 1.165) is 35.5 Å². The molecular formula is C30H51Cr. The molecule has 1 heteroatoms. The second-order valence-corrected chi connectivity index (χ2v) is 14.5. The Kier molecular flexibility index (Phi) is 7.55. The molecule has 6 atom stereocenters. The van der Waals surface area contributed by atoms with E-state index in [0.29, 0.717) is 16.2 Å². The molecule has 0 aliphatic heterocycles. The zero-order chi connectivity index (χ0) is 22.1. The van der Waals surface area contributed by atoms with Gasteiger partial charge in [0.25, 0.3) is 0 Å². The molecule has 0 amide bonds. The smallest absolute Gasteiger partial charge is 0.308 e. The summed E-state index contributed by atoms with van der Waals surface area (Å²) >= 11 is 0. The number of hydrogen-bond donors (Lipinski definition) is 0. The molecule has 177 valence electrons. The van der Waals surface area contributed by atoms with E-state index < -0.39 is 0 Å². The maximum absolute atomic E-state index is 2.41. The van der Waals surface area contributed by atoms with Crippen molar-refractivity contribution in [3.63, 3.8) is 0 Å². The van der Waals surface area contributed by atoms with Crippen LogP contribution in [-0.4, -0.2) is 0 Å². The molecule has 6 unspecified atom stereocenters. The quantitative estimate of drug-likeness (QED) is 0.314. The average Bonchev–Trinajstić information content (AvgIpc) is 3.40. The van der Waals surface area contributed by atoms with E-state index in [1.165, 1.54) is 57.8 Å². The molecule has 0 aromatic rings. The van der Waals surface area contributed by atoms with E-state index in [2.05, 4.69) is 62.3 Å². The summed E-state index contributed by atoms with van der Waals surface area (Å²) in [4.78, 5) is 0. The van der Waals surface area contributed by atoms with Crippen LogP contribution in [0.5, 0.6) is 0 Å². The Bertz CT molecular complexity index is 524. The SMILES string of the molecule is CC1C[C-]2CC1CC2(C)C.CC1C[C-]2CC1CC2(C)C.CC1C[C-]2CC1CC2(C)C.[Cr+3]. The van der Waals surface area contributed by atoms with Crippen molar-refractivity contribution >= 4 is 0 Å². The fraction of sp³-hybridized carbons (Fsp3) is 0.900. The van der Waals surface area contributed by atoms with Gasteiger partial charge in [-0.05, 0) is 0 Å². The average molecular weight is 464 g/mol. The van der Waals surface area contributed by atoms with Gasteiger partial charge in [0.15, 0.2) is 0 Å². The first-order chi connectivity index (χ1) is 13.8. The summed E-state index contributed by atoms with van der Waals surface area (Å²) < 4.78 is 0. The van der Waals surface area contributed by atoms with Gasteiger partial charge in [0.05, 0.1) is 0 Å². The van der Waals surface area contributed by atoms with E-state index >= 15 is 0 Å². The Balaban J connectivity index is 0.000000130. The molecule has 6 saturated carbocycles. The van der Waals surface area contributed by atoms with Crippen LogP contribution in [0.25, 0.3) is 0 Å². The molecule has 0 spiro atoms. The van der Waals surface area contributed by atoms with Gasteiger partial charge in [-0.1, -0.05) is 117 Å². The van der Waals surface area contributed by atoms with Gasteiger partial charge in [-0.2, -0.15) is 54.8 Å². The normalized spacial score (nSPS) is 43.3. The van der Waals surface area contributed by atoms with Gasteiger partial charge < -0.3 is 17.8 Å². The fourth-order valence-corrected chi connectivity index (χ4v) is 8.35. The molecule has 0 N–H and O–H groups in total. The van der Waals surface area contributed by atoms with E-state index in [-0.39, 0.29) is 17.4 Å². The van der Waals surface area contributed by atoms with Crippen LogP contribution >= 0.6 is 0 Å². The predicted octanol–water partition coefficient (Wildman–Crippen LogP) is 9.11. The van der Waals surface area contributed by atoms with E-state index in [9.17, 15) is 0 Å². The summed E-state index contributed by atoms with van der Waals surface area (Å²) in [6.07, 6.45) is 13.0. The molecule has 0 saturated heterocycles. The second-order valence-electron chi connectivity index (χ2n) is 14.5. The Labute approximate surface area is 206 Å². The minimum Gasteiger partial charge on any atom is -0.308 e. The van der Waals surface area contributed by atoms with Crippen molar-refractivity contribution in [3.05, 3.63) is 17.8 Å². The summed E-state index contributed by atoms with van der Waals surface area (Å²) in [5.74, 6) is 11.7. The summed E-state index contributed by atoms with van der Waals surface area (Å²) in [5, 5.41) is 0. The molecule has 0 heterocycles. The predicted molar refractivity (Wildman–Crippen MR) is 131 cm³/mol. The van der Waals surface area contributed by atoms with Crippen molar-refractivity contribution in [2.45, 2.75) is 120 Å². The van der Waals surface area contributed by atoms with Crippen molar-refractivity contribution in [3.8, 4) is 0 Å². The van der Waals surface area contributed by atoms with Crippen LogP contribution in [0.2, 0.25) is 0 Å². The van der Waals surface area contributed by atoms with Crippen LogP contribution in [0, 0.1) is 69.5 Å². The molecule has 6 bridgehead atoms. The molecule has 1 radical (unpaired) electrons. The molecule has 6 fully saturated rings. The Morgan fingerprint density at radius 3 is 0.774 bits per heavy atom. The first-order valence-corrected chi connectivity index (χ1v) is 13.3. The Morgan fingerprint density at radius 1 is 0.452 bits per heavy atom. The first kappa shape index (κ1) is 26.1. The van der Waals surface area contributed by atoms with Crippen LogP contribution in [0.3, 0.4) is 0 Å². The molecule has 6 aliphatic rings. The maximum atomic E-state index is 2.41. The zero-order valence-electron chi connectivity index (χ0n) is 22.2. The van der Waals surface area contributed by atoms with Crippen LogP contribution in [0.15, 0.2) is 0 Å². The second kappa shape index (κ2) is 8.95. The maximum Gasteiger partial charge on any atom is 3.00 e. The standard InChI is InChI=1S/3C10H17.Cr/c3*1-7-4-9-5-8(7)6-10(9,2)3;/h3*7-8H,4-6H2,1-3H3;/q3*-1;+3. The van der Waals surface area contributed by atoms with Crippen molar-refractivity contribution in [2.75, 3.05) is 0 Å². The van der Waals surface area contributed by atoms with E-state index in [1.54, 1.807) is 0 Å². The van der Waals surface area contributed by atoms with Gasteiger partial charge in [-0.3, -0.25) is 0 Å². The van der Waals surface area contributed by atoms with Crippen molar-refractivity contribution < 1.29 is 17.4 Å². The van der Waals surface area contributed by atoms with Crippen molar-refractivity contribution in [1.82, 2.24) is 0 Å². The zero-order valence-corrected chi connectivity index (χ0v) is 23.5. The van der Waals surface area contributed by atoms with Gasteiger partial charge >= 0.3 is 17.4 Å². The minimum atomic E-state index is 0. The third-order valence-electron chi connectivity index (χ3n) is 10.8. The fourth-order valence-electron chi connectivity index (χ4n) is 8.35. The van der Waals surface area contributed by atoms with E-state index in [1.807, 2.05) is 17.8 Å². The molecular weight excluding hydrogens is 412 g/mol. The van der Waals surface area contributed by atoms with Crippen LogP contribution in [-0.2, 0) is 17.4 Å². The molecule has 6 aliphatic carbocycles. The monoisotopic (exact) mass is 463 g/mol. The number of hydrogen-bond acceptors (Lipinski definition) is 0. The summed E-state index contributed by atoms with van der Waals surface area (Å²) in [6.45, 7) is 21.7. The van der Waals surface area contributed by atoms with Gasteiger partial charge in [-0.15, -0.1) is 0 Å². The molecule has 0 aromatic carbocycles. The summed E-state index contributed by atoms with van der Waals surface area (Å²) in [7, 11) is 0. The topological polar surface area (TPSA) is 0 Å². The van der Waals surface area contributed by atoms with Crippen LogP contribution < -0.4 is 0 Å². The van der Waals surface area contributed by atoms with Gasteiger partial charge in [0.1, 0.15) is 0 Å². The Hall–Kier alpha value is 0.532. The first-order valence-electron chi connectivity index (χ1n) is 13.3. The van der Waals surface area contributed by atoms with Crippen LogP contribution in [0.1, 0.15) is 120 Å². The summed E-state index contributed by atoms with van der Waals surface area (Å²) in [5.41, 5.74) is 1.82. The van der Waals surface area contributed by atoms with Crippen molar-refractivity contribution in [1.29, 1.82) is 0 Å². The third kappa shape index (κ3) is 5.14. The van der Waals surface area contributed by atoms with Gasteiger partial charge in [0, 0.05) is 0 Å². The Morgan fingerprint density at radius 2 is 0.677 bits per heavy atom. The largest absolute Gasteiger partial charge is 3.00 e. The van der Waals surface area contributed by atoms with Gasteiger partial charge in [-0.25, -0.2) is 0 Å². The molecule has 0 aromatic heterocycles. The third-order valence-corrected chi connectivity index (χ3v) is 10.8. The molecule has 6 rings (SSSR count). The minimum absolute atomic E-state index is 0. The van der Waals surface area contributed by atoms with Crippen molar-refractivity contribution in [2.24, 2.45) is 51.8 Å². The van der Waals surface area contributed by atoms with E-state index in [4.69, 9.17) is 0 Å². The molecule has 0 nitrogen and oxygen atoms in total. The molecule has 31 heavy (non-hydrogen) atoms. The summed E-state index contributed by atoms with van der Waals surface area (Å²) in [6, 6.07) is 0. The number of fused-ring (bicyclic) bond motifs is 6. The number of rotatable bonds is 0. The van der Waals surface area contributed by atoms with Crippen LogP contribution in [0.4, 0.5) is 0 Å². The van der Waals surface area contributed by atoms with Gasteiger partial charge in [0.2, 0.25) is 0 Å².